The van der Waals surface area contributed by atoms with Gasteiger partial charge in [-0.05, 0) is 19.1 Å². The van der Waals surface area contributed by atoms with E-state index in [0.717, 1.165) is 5.56 Å². The molecule has 0 bridgehead atoms. The Labute approximate surface area is 109 Å². The second-order valence-electron chi connectivity index (χ2n) is 4.20. The predicted molar refractivity (Wildman–Crippen MR) is 64.4 cm³/mol. The first kappa shape index (κ1) is 13.4. The summed E-state index contributed by atoms with van der Waals surface area (Å²) in [5, 5.41) is 28.0. The zero-order valence-corrected chi connectivity index (χ0v) is 10.2. The quantitative estimate of drug-likeness (QED) is 0.684. The van der Waals surface area contributed by atoms with E-state index in [1.165, 1.54) is 0 Å². The third-order valence-corrected chi connectivity index (χ3v) is 2.70. The lowest BCUT2D eigenvalue weighted by Crippen LogP contribution is -2.33. The largest absolute Gasteiger partial charge is 0.499 e. The fourth-order valence-electron chi connectivity index (χ4n) is 1.65. The Hall–Kier alpha value is -2.05. The number of benzene rings is 1. The van der Waals surface area contributed by atoms with Crippen LogP contribution in [-0.2, 0) is 9.53 Å². The first-order valence-corrected chi connectivity index (χ1v) is 5.70. The number of ether oxygens (including phenoxy) is 2. The molecule has 0 radical (unpaired) electrons. The third-order valence-electron chi connectivity index (χ3n) is 2.70. The van der Waals surface area contributed by atoms with Crippen LogP contribution < -0.4 is 4.74 Å². The summed E-state index contributed by atoms with van der Waals surface area (Å²) in [6.07, 6.45) is -2.56. The summed E-state index contributed by atoms with van der Waals surface area (Å²) in [6, 6.07) is 6.89. The summed E-state index contributed by atoms with van der Waals surface area (Å²) in [5.41, 5.74) is 1.02. The van der Waals surface area contributed by atoms with Crippen molar-refractivity contribution >= 4 is 5.97 Å². The van der Waals surface area contributed by atoms with Gasteiger partial charge in [0.25, 0.3) is 0 Å². The van der Waals surface area contributed by atoms with E-state index in [1.54, 1.807) is 24.3 Å². The lowest BCUT2D eigenvalue weighted by atomic mass is 10.2. The normalized spacial score (nSPS) is 20.4. The van der Waals surface area contributed by atoms with Crippen LogP contribution in [0.5, 0.6) is 5.75 Å². The van der Waals surface area contributed by atoms with E-state index >= 15 is 0 Å². The number of aliphatic hydroxyl groups excluding tert-OH is 3. The monoisotopic (exact) mass is 266 g/mol. The van der Waals surface area contributed by atoms with Gasteiger partial charge in [-0.2, -0.15) is 0 Å². The minimum Gasteiger partial charge on any atom is -0.499 e. The van der Waals surface area contributed by atoms with Crippen molar-refractivity contribution in [3.8, 4) is 5.75 Å². The molecule has 0 spiro atoms. The third kappa shape index (κ3) is 2.69. The van der Waals surface area contributed by atoms with Gasteiger partial charge in [-0.25, -0.2) is 4.79 Å². The number of esters is 1. The Morgan fingerprint density at radius 1 is 1.37 bits per heavy atom. The maximum absolute atomic E-state index is 11.3. The lowest BCUT2D eigenvalue weighted by molar-refractivity contribution is -0.147. The van der Waals surface area contributed by atoms with Crippen molar-refractivity contribution in [1.82, 2.24) is 0 Å². The number of rotatable bonds is 4. The molecule has 6 nitrogen and oxygen atoms in total. The SMILES string of the molecule is Cc1ccc(OC2=C(O)C(=O)O[C@@H]2[C@@H](O)CO)cc1. The highest BCUT2D eigenvalue weighted by Gasteiger charge is 2.40. The zero-order chi connectivity index (χ0) is 14.0. The maximum atomic E-state index is 11.3. The molecule has 0 saturated heterocycles. The second kappa shape index (κ2) is 5.29. The summed E-state index contributed by atoms with van der Waals surface area (Å²) < 4.78 is 10.1. The topological polar surface area (TPSA) is 96.2 Å². The van der Waals surface area contributed by atoms with Gasteiger partial charge in [-0.3, -0.25) is 0 Å². The van der Waals surface area contributed by atoms with E-state index < -0.39 is 30.5 Å². The average molecular weight is 266 g/mol. The van der Waals surface area contributed by atoms with Gasteiger partial charge in [-0.15, -0.1) is 0 Å². The summed E-state index contributed by atoms with van der Waals surface area (Å²) in [5.74, 6) is -1.49. The molecule has 2 atom stereocenters. The maximum Gasteiger partial charge on any atom is 0.378 e. The summed E-state index contributed by atoms with van der Waals surface area (Å²) in [6.45, 7) is 1.28. The lowest BCUT2D eigenvalue weighted by Gasteiger charge is -2.18. The van der Waals surface area contributed by atoms with Crippen molar-refractivity contribution in [3.05, 3.63) is 41.3 Å². The molecular weight excluding hydrogens is 252 g/mol. The summed E-state index contributed by atoms with van der Waals surface area (Å²) in [7, 11) is 0. The fourth-order valence-corrected chi connectivity index (χ4v) is 1.65. The summed E-state index contributed by atoms with van der Waals surface area (Å²) >= 11 is 0. The van der Waals surface area contributed by atoms with Crippen LogP contribution in [0.1, 0.15) is 5.56 Å². The number of cyclic esters (lactones) is 1. The highest BCUT2D eigenvalue weighted by Crippen LogP contribution is 2.27. The molecule has 0 fully saturated rings. The highest BCUT2D eigenvalue weighted by atomic mass is 16.6. The van der Waals surface area contributed by atoms with E-state index in [-0.39, 0.29) is 5.76 Å². The van der Waals surface area contributed by atoms with Crippen LogP contribution in [0.3, 0.4) is 0 Å². The number of aliphatic hydroxyl groups is 3. The van der Waals surface area contributed by atoms with Crippen LogP contribution in [-0.4, -0.2) is 40.1 Å². The van der Waals surface area contributed by atoms with Gasteiger partial charge in [-0.1, -0.05) is 17.7 Å². The Kier molecular flexibility index (Phi) is 3.73. The highest BCUT2D eigenvalue weighted by molar-refractivity contribution is 5.89. The average Bonchev–Trinajstić information content (AvgIpc) is 2.68. The van der Waals surface area contributed by atoms with Crippen molar-refractivity contribution < 1.29 is 29.6 Å². The molecule has 0 amide bonds. The predicted octanol–water partition coefficient (Wildman–Crippen LogP) is 0.422. The molecule has 2 rings (SSSR count). The molecule has 6 heteroatoms. The molecule has 0 aromatic heterocycles. The van der Waals surface area contributed by atoms with Gasteiger partial charge >= 0.3 is 5.97 Å². The van der Waals surface area contributed by atoms with Gasteiger partial charge in [0.1, 0.15) is 11.9 Å². The van der Waals surface area contributed by atoms with Crippen LogP contribution in [0.4, 0.5) is 0 Å². The Balaban J connectivity index is 2.24. The van der Waals surface area contributed by atoms with Crippen molar-refractivity contribution in [1.29, 1.82) is 0 Å². The first-order chi connectivity index (χ1) is 9.02. The standard InChI is InChI=1S/C13H14O6/c1-7-2-4-8(5-3-7)18-12-10(16)13(17)19-11(12)9(15)6-14/h2-5,9,11,14-16H,6H2,1H3/t9-,11+/m0/s1. The van der Waals surface area contributed by atoms with Crippen molar-refractivity contribution in [2.75, 3.05) is 6.61 Å². The van der Waals surface area contributed by atoms with Crippen LogP contribution in [0.2, 0.25) is 0 Å². The van der Waals surface area contributed by atoms with Gasteiger partial charge in [0.2, 0.25) is 5.76 Å². The molecule has 0 aliphatic carbocycles. The Bertz CT molecular complexity index is 504. The van der Waals surface area contributed by atoms with E-state index in [0.29, 0.717) is 5.75 Å². The molecule has 1 aromatic rings. The summed E-state index contributed by atoms with van der Waals surface area (Å²) in [4.78, 5) is 11.3. The molecule has 1 aromatic carbocycles. The molecule has 1 aliphatic heterocycles. The Morgan fingerprint density at radius 3 is 2.58 bits per heavy atom. The molecule has 1 aliphatic rings. The van der Waals surface area contributed by atoms with Gasteiger partial charge in [0.05, 0.1) is 6.61 Å². The fraction of sp³-hybridized carbons (Fsp3) is 0.308. The Morgan fingerprint density at radius 2 is 2.00 bits per heavy atom. The molecule has 0 unspecified atom stereocenters. The molecule has 0 saturated carbocycles. The van der Waals surface area contributed by atoms with Crippen molar-refractivity contribution in [2.24, 2.45) is 0 Å². The second-order valence-corrected chi connectivity index (χ2v) is 4.20. The smallest absolute Gasteiger partial charge is 0.378 e. The molecule has 3 N–H and O–H groups in total. The number of hydrogen-bond acceptors (Lipinski definition) is 6. The zero-order valence-electron chi connectivity index (χ0n) is 10.2. The van der Waals surface area contributed by atoms with Gasteiger partial charge < -0.3 is 24.8 Å². The molecule has 102 valence electrons. The number of carbonyl (C=O) groups excluding carboxylic acids is 1. The van der Waals surface area contributed by atoms with Crippen LogP contribution in [0.15, 0.2) is 35.8 Å². The van der Waals surface area contributed by atoms with Crippen molar-refractivity contribution in [3.63, 3.8) is 0 Å². The van der Waals surface area contributed by atoms with Crippen LogP contribution in [0.25, 0.3) is 0 Å². The van der Waals surface area contributed by atoms with E-state index in [1.807, 2.05) is 6.92 Å². The van der Waals surface area contributed by atoms with E-state index in [9.17, 15) is 15.0 Å². The number of carbonyl (C=O) groups is 1. The first-order valence-electron chi connectivity index (χ1n) is 5.70. The number of hydrogen-bond donors (Lipinski definition) is 3. The van der Waals surface area contributed by atoms with Crippen molar-refractivity contribution in [2.45, 2.75) is 19.1 Å². The van der Waals surface area contributed by atoms with Gasteiger partial charge in [0, 0.05) is 0 Å². The molecular formula is C13H14O6. The molecule has 1 heterocycles. The van der Waals surface area contributed by atoms with Gasteiger partial charge in [0.15, 0.2) is 11.9 Å². The van der Waals surface area contributed by atoms with Crippen LogP contribution in [0, 0.1) is 6.92 Å². The van der Waals surface area contributed by atoms with E-state index in [4.69, 9.17) is 14.6 Å². The van der Waals surface area contributed by atoms with Crippen LogP contribution >= 0.6 is 0 Å². The minimum absolute atomic E-state index is 0.199. The number of aryl methyl sites for hydroxylation is 1. The van der Waals surface area contributed by atoms with E-state index in [2.05, 4.69) is 0 Å². The molecule has 19 heavy (non-hydrogen) atoms. The minimum atomic E-state index is -1.35.